The number of para-hydroxylation sites is 3. The van der Waals surface area contributed by atoms with Crippen LogP contribution in [0.4, 0.5) is 0 Å². The van der Waals surface area contributed by atoms with Gasteiger partial charge in [-0.05, 0) is 54.8 Å². The van der Waals surface area contributed by atoms with Crippen molar-refractivity contribution in [3.8, 4) is 5.75 Å². The second-order valence-electron chi connectivity index (χ2n) is 7.90. The summed E-state index contributed by atoms with van der Waals surface area (Å²) >= 11 is 0. The Balaban J connectivity index is 1.38. The summed E-state index contributed by atoms with van der Waals surface area (Å²) in [5.74, 6) is 1.84. The molecule has 0 spiro atoms. The number of benzene rings is 3. The number of carbonyl (C=O) groups is 1. The maximum Gasteiger partial charge on any atom is 0.253 e. The van der Waals surface area contributed by atoms with E-state index in [1.807, 2.05) is 77.7 Å². The van der Waals surface area contributed by atoms with Gasteiger partial charge in [-0.2, -0.15) is 0 Å². The monoisotopic (exact) mass is 411 g/mol. The quantitative estimate of drug-likeness (QED) is 0.453. The maximum atomic E-state index is 12.6. The summed E-state index contributed by atoms with van der Waals surface area (Å²) in [6, 6.07) is 25.9. The molecule has 0 aliphatic carbocycles. The van der Waals surface area contributed by atoms with E-state index in [-0.39, 0.29) is 5.91 Å². The number of imidazole rings is 1. The molecular formula is C26H25N3O2. The third kappa shape index (κ3) is 4.17. The van der Waals surface area contributed by atoms with E-state index in [2.05, 4.69) is 10.6 Å². The second-order valence-corrected chi connectivity index (χ2v) is 7.90. The first-order chi connectivity index (χ1) is 15.3. The van der Waals surface area contributed by atoms with E-state index in [1.165, 1.54) is 0 Å². The molecule has 0 N–H and O–H groups in total. The molecule has 4 aromatic rings. The molecule has 1 saturated heterocycles. The van der Waals surface area contributed by atoms with Crippen LogP contribution in [0, 0.1) is 0 Å². The third-order valence-electron chi connectivity index (χ3n) is 5.78. The van der Waals surface area contributed by atoms with Gasteiger partial charge in [-0.15, -0.1) is 0 Å². The van der Waals surface area contributed by atoms with Gasteiger partial charge in [0.1, 0.15) is 18.2 Å². The molecule has 1 aromatic heterocycles. The van der Waals surface area contributed by atoms with Gasteiger partial charge in [0.2, 0.25) is 0 Å². The van der Waals surface area contributed by atoms with Gasteiger partial charge < -0.3 is 14.2 Å². The minimum Gasteiger partial charge on any atom is -0.486 e. The Bertz CT molecular complexity index is 1180. The summed E-state index contributed by atoms with van der Waals surface area (Å²) in [5, 5.41) is 0. The molecule has 5 nitrogen and oxygen atoms in total. The third-order valence-corrected chi connectivity index (χ3v) is 5.78. The van der Waals surface area contributed by atoms with Crippen molar-refractivity contribution in [3.63, 3.8) is 0 Å². The van der Waals surface area contributed by atoms with Crippen molar-refractivity contribution < 1.29 is 9.53 Å². The van der Waals surface area contributed by atoms with Crippen molar-refractivity contribution in [1.29, 1.82) is 0 Å². The molecule has 1 amide bonds. The summed E-state index contributed by atoms with van der Waals surface area (Å²) < 4.78 is 8.16. The summed E-state index contributed by atoms with van der Waals surface area (Å²) in [5.41, 5.74) is 3.91. The van der Waals surface area contributed by atoms with Crippen molar-refractivity contribution in [3.05, 3.63) is 95.8 Å². The second kappa shape index (κ2) is 8.64. The molecule has 1 fully saturated rings. The van der Waals surface area contributed by atoms with Crippen LogP contribution < -0.4 is 4.74 Å². The van der Waals surface area contributed by atoms with E-state index < -0.39 is 0 Å². The normalized spacial score (nSPS) is 13.6. The number of ether oxygens (including phenoxy) is 1. The lowest BCUT2D eigenvalue weighted by Gasteiger charge is -2.15. The van der Waals surface area contributed by atoms with Crippen LogP contribution >= 0.6 is 0 Å². The van der Waals surface area contributed by atoms with Crippen LogP contribution in [-0.4, -0.2) is 33.4 Å². The number of likely N-dealkylation sites (tertiary alicyclic amines) is 1. The number of hydrogen-bond acceptors (Lipinski definition) is 3. The van der Waals surface area contributed by atoms with Crippen molar-refractivity contribution >= 4 is 16.9 Å². The van der Waals surface area contributed by atoms with Gasteiger partial charge in [0.25, 0.3) is 5.91 Å². The Kier molecular flexibility index (Phi) is 5.40. The summed E-state index contributed by atoms with van der Waals surface area (Å²) in [6.45, 7) is 2.80. The lowest BCUT2D eigenvalue weighted by molar-refractivity contribution is 0.0793. The molecule has 0 atom stereocenters. The predicted molar refractivity (Wildman–Crippen MR) is 121 cm³/mol. The van der Waals surface area contributed by atoms with Crippen LogP contribution in [0.5, 0.6) is 5.75 Å². The SMILES string of the molecule is O=C(c1ccc(Cn2c(COc3ccccc3)nc3ccccc32)cc1)N1CCCC1. The van der Waals surface area contributed by atoms with E-state index in [4.69, 9.17) is 9.72 Å². The van der Waals surface area contributed by atoms with Gasteiger partial charge in [-0.25, -0.2) is 4.98 Å². The highest BCUT2D eigenvalue weighted by molar-refractivity contribution is 5.94. The van der Waals surface area contributed by atoms with Crippen LogP contribution in [0.25, 0.3) is 11.0 Å². The van der Waals surface area contributed by atoms with Crippen LogP contribution in [0.15, 0.2) is 78.9 Å². The highest BCUT2D eigenvalue weighted by Gasteiger charge is 2.19. The minimum atomic E-state index is 0.133. The smallest absolute Gasteiger partial charge is 0.253 e. The molecular weight excluding hydrogens is 386 g/mol. The standard InChI is InChI=1S/C26H25N3O2/c30-26(28-16-6-7-17-28)21-14-12-20(13-15-21)18-29-24-11-5-4-10-23(24)27-25(29)19-31-22-8-2-1-3-9-22/h1-5,8-15H,6-7,16-19H2. The molecule has 0 unspecified atom stereocenters. The summed E-state index contributed by atoms with van der Waals surface area (Å²) in [7, 11) is 0. The summed E-state index contributed by atoms with van der Waals surface area (Å²) in [6.07, 6.45) is 2.21. The van der Waals surface area contributed by atoms with E-state index in [9.17, 15) is 4.79 Å². The number of nitrogens with zero attached hydrogens (tertiary/aromatic N) is 3. The van der Waals surface area contributed by atoms with Crippen molar-refractivity contribution in [2.45, 2.75) is 26.0 Å². The van der Waals surface area contributed by atoms with Crippen LogP contribution in [-0.2, 0) is 13.2 Å². The molecule has 5 rings (SSSR count). The number of hydrogen-bond donors (Lipinski definition) is 0. The van der Waals surface area contributed by atoms with Gasteiger partial charge in [0, 0.05) is 25.2 Å². The molecule has 5 heteroatoms. The first-order valence-corrected chi connectivity index (χ1v) is 10.8. The molecule has 1 aliphatic rings. The molecule has 0 bridgehead atoms. The lowest BCUT2D eigenvalue weighted by Crippen LogP contribution is -2.27. The average Bonchev–Trinajstić information content (AvgIpc) is 3.47. The zero-order chi connectivity index (χ0) is 21.0. The fraction of sp³-hybridized carbons (Fsp3) is 0.231. The van der Waals surface area contributed by atoms with Crippen LogP contribution in [0.2, 0.25) is 0 Å². The molecule has 3 aromatic carbocycles. The van der Waals surface area contributed by atoms with Gasteiger partial charge in [-0.1, -0.05) is 42.5 Å². The molecule has 31 heavy (non-hydrogen) atoms. The van der Waals surface area contributed by atoms with Crippen molar-refractivity contribution in [1.82, 2.24) is 14.5 Å². The van der Waals surface area contributed by atoms with Crippen LogP contribution in [0.1, 0.15) is 34.6 Å². The number of amides is 1. The Labute approximate surface area is 181 Å². The molecule has 156 valence electrons. The Morgan fingerprint density at radius 3 is 2.35 bits per heavy atom. The van der Waals surface area contributed by atoms with E-state index in [0.29, 0.717) is 13.2 Å². The first-order valence-electron chi connectivity index (χ1n) is 10.8. The zero-order valence-electron chi connectivity index (χ0n) is 17.4. The van der Waals surface area contributed by atoms with Gasteiger partial charge in [0.05, 0.1) is 11.0 Å². The molecule has 2 heterocycles. The largest absolute Gasteiger partial charge is 0.486 e. The number of fused-ring (bicyclic) bond motifs is 1. The number of aromatic nitrogens is 2. The number of rotatable bonds is 6. The van der Waals surface area contributed by atoms with Gasteiger partial charge >= 0.3 is 0 Å². The van der Waals surface area contributed by atoms with Crippen molar-refractivity contribution in [2.24, 2.45) is 0 Å². The Morgan fingerprint density at radius 2 is 1.58 bits per heavy atom. The highest BCUT2D eigenvalue weighted by Crippen LogP contribution is 2.21. The Hall–Kier alpha value is -3.60. The van der Waals surface area contributed by atoms with E-state index in [0.717, 1.165) is 59.7 Å². The first kappa shape index (κ1) is 19.4. The van der Waals surface area contributed by atoms with Gasteiger partial charge in [0.15, 0.2) is 0 Å². The number of carbonyl (C=O) groups excluding carboxylic acids is 1. The Morgan fingerprint density at radius 1 is 0.871 bits per heavy atom. The fourth-order valence-corrected chi connectivity index (χ4v) is 4.11. The van der Waals surface area contributed by atoms with Crippen molar-refractivity contribution in [2.75, 3.05) is 13.1 Å². The molecule has 1 aliphatic heterocycles. The summed E-state index contributed by atoms with van der Waals surface area (Å²) in [4.78, 5) is 19.4. The molecule has 0 radical (unpaired) electrons. The predicted octanol–water partition coefficient (Wildman–Crippen LogP) is 4.90. The van der Waals surface area contributed by atoms with Gasteiger partial charge in [-0.3, -0.25) is 4.79 Å². The molecule has 0 saturated carbocycles. The maximum absolute atomic E-state index is 12.6. The average molecular weight is 412 g/mol. The van der Waals surface area contributed by atoms with E-state index in [1.54, 1.807) is 0 Å². The zero-order valence-corrected chi connectivity index (χ0v) is 17.4. The van der Waals surface area contributed by atoms with E-state index >= 15 is 0 Å². The van der Waals surface area contributed by atoms with Crippen LogP contribution in [0.3, 0.4) is 0 Å². The fourth-order valence-electron chi connectivity index (χ4n) is 4.11. The minimum absolute atomic E-state index is 0.133. The topological polar surface area (TPSA) is 47.4 Å². The highest BCUT2D eigenvalue weighted by atomic mass is 16.5. The lowest BCUT2D eigenvalue weighted by atomic mass is 10.1.